The molecule has 3 aliphatic rings. The van der Waals surface area contributed by atoms with Crippen molar-refractivity contribution in [2.45, 2.75) is 51.0 Å². The second-order valence-corrected chi connectivity index (χ2v) is 12.0. The number of carbonyl (C=O) groups is 3. The lowest BCUT2D eigenvalue weighted by Gasteiger charge is -2.29. The van der Waals surface area contributed by atoms with Gasteiger partial charge in [-0.15, -0.1) is 0 Å². The average molecular weight is 579 g/mol. The molecule has 0 spiro atoms. The number of benzene rings is 1. The van der Waals surface area contributed by atoms with E-state index < -0.39 is 17.0 Å². The number of aromatic nitrogens is 2. The van der Waals surface area contributed by atoms with E-state index in [-0.39, 0.29) is 47.4 Å². The number of hydrogen-bond donors (Lipinski definition) is 1. The SMILES string of the molecule is CN1C(=O)Cc2cc(-c3ccccc3-c3nc(N(C(=O)[C@@H](CC(=O)O)CC4CCOCC4)C4CC4)sc3F)cnc21. The minimum atomic E-state index is -1.03. The van der Waals surface area contributed by atoms with Gasteiger partial charge in [0.1, 0.15) is 11.5 Å². The third kappa shape index (κ3) is 5.60. The first kappa shape index (κ1) is 27.5. The lowest BCUT2D eigenvalue weighted by atomic mass is 9.86. The molecule has 0 unspecified atom stereocenters. The molecule has 0 bridgehead atoms. The zero-order chi connectivity index (χ0) is 28.7. The number of thiazole rings is 1. The summed E-state index contributed by atoms with van der Waals surface area (Å²) < 4.78 is 21.1. The van der Waals surface area contributed by atoms with Crippen LogP contribution in [0.5, 0.6) is 0 Å². The van der Waals surface area contributed by atoms with E-state index in [2.05, 4.69) is 9.97 Å². The molecule has 9 nitrogen and oxygen atoms in total. The summed E-state index contributed by atoms with van der Waals surface area (Å²) in [6.07, 6.45) is 5.24. The number of carboxylic acid groups (broad SMARTS) is 1. The molecule has 1 N–H and O–H groups in total. The molecule has 2 aliphatic heterocycles. The number of carboxylic acids is 1. The van der Waals surface area contributed by atoms with Crippen molar-refractivity contribution < 1.29 is 28.6 Å². The van der Waals surface area contributed by atoms with Crippen LogP contribution in [-0.2, 0) is 25.5 Å². The molecule has 1 saturated carbocycles. The molecule has 2 aromatic heterocycles. The Hall–Kier alpha value is -3.70. The Kier molecular flexibility index (Phi) is 7.56. The number of anilines is 2. The van der Waals surface area contributed by atoms with Gasteiger partial charge in [0.2, 0.25) is 16.9 Å². The van der Waals surface area contributed by atoms with E-state index in [4.69, 9.17) is 4.74 Å². The van der Waals surface area contributed by atoms with Gasteiger partial charge in [-0.3, -0.25) is 24.2 Å². The van der Waals surface area contributed by atoms with Crippen LogP contribution in [0.4, 0.5) is 15.3 Å². The maximum Gasteiger partial charge on any atom is 0.304 e. The number of carbonyl (C=O) groups excluding carboxylic acids is 2. The summed E-state index contributed by atoms with van der Waals surface area (Å²) >= 11 is 0.814. The Bertz CT molecular complexity index is 1500. The Morgan fingerprint density at radius 3 is 2.63 bits per heavy atom. The Morgan fingerprint density at radius 1 is 1.20 bits per heavy atom. The fourth-order valence-corrected chi connectivity index (χ4v) is 6.70. The number of pyridine rings is 1. The van der Waals surface area contributed by atoms with Gasteiger partial charge in [0.05, 0.1) is 12.8 Å². The minimum Gasteiger partial charge on any atom is -0.481 e. The Morgan fingerprint density at radius 2 is 1.93 bits per heavy atom. The molecule has 1 aliphatic carbocycles. The van der Waals surface area contributed by atoms with Crippen molar-refractivity contribution in [3.63, 3.8) is 0 Å². The largest absolute Gasteiger partial charge is 0.481 e. The third-order valence-corrected chi connectivity index (χ3v) is 8.97. The summed E-state index contributed by atoms with van der Waals surface area (Å²) in [5, 5.41) is 9.33. The summed E-state index contributed by atoms with van der Waals surface area (Å²) in [6, 6.07) is 9.08. The van der Waals surface area contributed by atoms with Crippen LogP contribution in [-0.4, -0.2) is 59.2 Å². The summed E-state index contributed by atoms with van der Waals surface area (Å²) in [5.41, 5.74) is 2.95. The molecule has 41 heavy (non-hydrogen) atoms. The number of aliphatic carboxylic acids is 1. The summed E-state index contributed by atoms with van der Waals surface area (Å²) in [5.74, 6) is -1.24. The molecule has 1 atom stereocenters. The zero-order valence-electron chi connectivity index (χ0n) is 22.7. The van der Waals surface area contributed by atoms with Crippen molar-refractivity contribution in [1.82, 2.24) is 9.97 Å². The van der Waals surface area contributed by atoms with E-state index >= 15 is 4.39 Å². The normalized spacial score (nSPS) is 17.9. The molecule has 214 valence electrons. The molecule has 2 fully saturated rings. The standard InChI is InChI=1S/C30H31FN4O5S/c1-34-24(36)14-18-13-20(16-32-28(18)34)22-4-2-3-5-23(22)26-27(31)41-30(33-26)35(21-6-7-21)29(39)19(15-25(37)38)12-17-8-10-40-11-9-17/h2-5,13,16-17,19,21H,6-12,14-15H2,1H3,(H,37,38)/t19-/m1/s1. The molecule has 1 aromatic carbocycles. The van der Waals surface area contributed by atoms with Gasteiger partial charge in [-0.25, -0.2) is 9.97 Å². The summed E-state index contributed by atoms with van der Waals surface area (Å²) in [6.45, 7) is 1.22. The maximum absolute atomic E-state index is 15.6. The highest BCUT2D eigenvalue weighted by atomic mass is 32.1. The molecule has 4 heterocycles. The van der Waals surface area contributed by atoms with Crippen molar-refractivity contribution in [3.05, 3.63) is 47.2 Å². The number of fused-ring (bicyclic) bond motifs is 1. The zero-order valence-corrected chi connectivity index (χ0v) is 23.5. The van der Waals surface area contributed by atoms with E-state index in [9.17, 15) is 19.5 Å². The molecule has 1 saturated heterocycles. The number of likely N-dealkylation sites (N-methyl/N-ethyl adjacent to an activating group) is 1. The van der Waals surface area contributed by atoms with Gasteiger partial charge in [-0.2, -0.15) is 4.39 Å². The van der Waals surface area contributed by atoms with Crippen LogP contribution in [0.25, 0.3) is 22.4 Å². The number of halogens is 1. The fraction of sp³-hybridized carbons (Fsp3) is 0.433. The van der Waals surface area contributed by atoms with Gasteiger partial charge in [0.15, 0.2) is 5.13 Å². The lowest BCUT2D eigenvalue weighted by Crippen LogP contribution is -2.40. The number of rotatable bonds is 9. The maximum atomic E-state index is 15.6. The number of amides is 2. The third-order valence-electron chi connectivity index (χ3n) is 8.13. The minimum absolute atomic E-state index is 0.0315. The smallest absolute Gasteiger partial charge is 0.304 e. The highest BCUT2D eigenvalue weighted by molar-refractivity contribution is 7.14. The van der Waals surface area contributed by atoms with Gasteiger partial charge in [0.25, 0.3) is 0 Å². The molecule has 3 aromatic rings. The number of nitrogens with zero attached hydrogens (tertiary/aromatic N) is 4. The van der Waals surface area contributed by atoms with E-state index in [1.807, 2.05) is 18.2 Å². The number of hydrogen-bond acceptors (Lipinski definition) is 7. The first-order chi connectivity index (χ1) is 19.8. The van der Waals surface area contributed by atoms with Gasteiger partial charge < -0.3 is 9.84 Å². The van der Waals surface area contributed by atoms with E-state index in [0.29, 0.717) is 36.6 Å². The predicted octanol–water partition coefficient (Wildman–Crippen LogP) is 4.93. The number of ether oxygens (including phenoxy) is 1. The van der Waals surface area contributed by atoms with Crippen molar-refractivity contribution in [3.8, 4) is 22.4 Å². The topological polar surface area (TPSA) is 113 Å². The molecule has 2 amide bonds. The molecular formula is C30H31FN4O5S. The van der Waals surface area contributed by atoms with Crippen molar-refractivity contribution in [1.29, 1.82) is 0 Å². The van der Waals surface area contributed by atoms with Gasteiger partial charge in [-0.1, -0.05) is 35.6 Å². The fourth-order valence-electron chi connectivity index (χ4n) is 5.81. The predicted molar refractivity (Wildman–Crippen MR) is 152 cm³/mol. The van der Waals surface area contributed by atoms with Crippen LogP contribution in [0, 0.1) is 17.0 Å². The average Bonchev–Trinajstić information content (AvgIpc) is 3.66. The quantitative estimate of drug-likeness (QED) is 0.383. The van der Waals surface area contributed by atoms with Crippen LogP contribution >= 0.6 is 11.3 Å². The van der Waals surface area contributed by atoms with Crippen molar-refractivity contribution >= 4 is 40.1 Å². The second-order valence-electron chi connectivity index (χ2n) is 11.0. The lowest BCUT2D eigenvalue weighted by molar-refractivity contribution is -0.141. The first-order valence-electron chi connectivity index (χ1n) is 13.9. The Labute approximate surface area is 241 Å². The molecular weight excluding hydrogens is 547 g/mol. The van der Waals surface area contributed by atoms with Gasteiger partial charge in [-0.05, 0) is 49.7 Å². The summed E-state index contributed by atoms with van der Waals surface area (Å²) in [4.78, 5) is 50.0. The van der Waals surface area contributed by atoms with E-state index in [1.54, 1.807) is 30.3 Å². The molecule has 0 radical (unpaired) electrons. The first-order valence-corrected chi connectivity index (χ1v) is 14.8. The van der Waals surface area contributed by atoms with Crippen LogP contribution < -0.4 is 9.80 Å². The van der Waals surface area contributed by atoms with E-state index in [0.717, 1.165) is 48.1 Å². The van der Waals surface area contributed by atoms with E-state index in [1.165, 1.54) is 4.90 Å². The second kappa shape index (κ2) is 11.3. The van der Waals surface area contributed by atoms with Crippen molar-refractivity contribution in [2.24, 2.45) is 11.8 Å². The van der Waals surface area contributed by atoms with Crippen LogP contribution in [0.3, 0.4) is 0 Å². The van der Waals surface area contributed by atoms with Gasteiger partial charge in [0, 0.05) is 55.1 Å². The monoisotopic (exact) mass is 578 g/mol. The summed E-state index contributed by atoms with van der Waals surface area (Å²) in [7, 11) is 1.69. The Balaban J connectivity index is 1.32. The van der Waals surface area contributed by atoms with Gasteiger partial charge >= 0.3 is 5.97 Å². The van der Waals surface area contributed by atoms with Crippen LogP contribution in [0.1, 0.15) is 44.1 Å². The molecule has 6 rings (SSSR count). The molecule has 11 heteroatoms. The highest BCUT2D eigenvalue weighted by Crippen LogP contribution is 2.42. The van der Waals surface area contributed by atoms with Crippen molar-refractivity contribution in [2.75, 3.05) is 30.1 Å². The highest BCUT2D eigenvalue weighted by Gasteiger charge is 2.40. The van der Waals surface area contributed by atoms with Crippen LogP contribution in [0.2, 0.25) is 0 Å². The van der Waals surface area contributed by atoms with Crippen LogP contribution in [0.15, 0.2) is 36.5 Å².